The van der Waals surface area contributed by atoms with Crippen LogP contribution in [-0.4, -0.2) is 26.5 Å². The van der Waals surface area contributed by atoms with Crippen molar-refractivity contribution in [3.63, 3.8) is 0 Å². The molecule has 2 aromatic rings. The second-order valence-electron chi connectivity index (χ2n) is 3.47. The molecular weight excluding hydrogens is 230 g/mol. The fourth-order valence-corrected chi connectivity index (χ4v) is 1.09. The van der Waals surface area contributed by atoms with Crippen molar-refractivity contribution >= 4 is 5.95 Å². The molecule has 6 nitrogen and oxygen atoms in total. The Hall–Kier alpha value is -2.24. The van der Waals surface area contributed by atoms with Crippen LogP contribution in [0.15, 0.2) is 24.5 Å². The van der Waals surface area contributed by atoms with Gasteiger partial charge >= 0.3 is 6.01 Å². The molecule has 6 heteroatoms. The molecule has 96 valence electrons. The minimum atomic E-state index is 0.338. The number of nitrogens with two attached hydrogens (primary N) is 1. The minimum absolute atomic E-state index is 0.338. The zero-order chi connectivity index (χ0) is 13.4. The van der Waals surface area contributed by atoms with Crippen molar-refractivity contribution in [3.8, 4) is 6.01 Å². The standard InChI is InChI=1S/C7H10N2O.C5H7N3/c1-3-10-7-8-5-4-6(2)9-7;1-4-2-3-7-5(6)8-4/h4-5H,3H2,1-2H3;2-3H,1H3,(H2,6,7,8). The molecule has 0 aliphatic heterocycles. The van der Waals surface area contributed by atoms with Crippen molar-refractivity contribution in [2.75, 3.05) is 12.3 Å². The van der Waals surface area contributed by atoms with E-state index in [1.54, 1.807) is 18.5 Å². The molecular formula is C12H17N5O. The maximum atomic E-state index is 5.24. The highest BCUT2D eigenvalue weighted by molar-refractivity contribution is 5.15. The summed E-state index contributed by atoms with van der Waals surface area (Å²) in [6.45, 7) is 6.30. The third-order valence-corrected chi connectivity index (χ3v) is 1.86. The van der Waals surface area contributed by atoms with E-state index in [1.165, 1.54) is 0 Å². The van der Waals surface area contributed by atoms with Crippen LogP contribution in [0.2, 0.25) is 0 Å². The Kier molecular flexibility index (Phi) is 5.50. The van der Waals surface area contributed by atoms with Gasteiger partial charge in [0.2, 0.25) is 5.95 Å². The summed E-state index contributed by atoms with van der Waals surface area (Å²) in [5.41, 5.74) is 7.07. The summed E-state index contributed by atoms with van der Waals surface area (Å²) in [4.78, 5) is 15.5. The van der Waals surface area contributed by atoms with Crippen LogP contribution in [0, 0.1) is 13.8 Å². The second-order valence-corrected chi connectivity index (χ2v) is 3.47. The predicted molar refractivity (Wildman–Crippen MR) is 69.1 cm³/mol. The molecule has 0 amide bonds. The van der Waals surface area contributed by atoms with Gasteiger partial charge in [-0.05, 0) is 32.9 Å². The first-order chi connectivity index (χ1) is 8.61. The molecule has 18 heavy (non-hydrogen) atoms. The summed E-state index contributed by atoms with van der Waals surface area (Å²) < 4.78 is 5.06. The number of aromatic nitrogens is 4. The maximum Gasteiger partial charge on any atom is 0.316 e. The molecule has 0 bridgehead atoms. The molecule has 0 radical (unpaired) electrons. The van der Waals surface area contributed by atoms with Gasteiger partial charge in [0.15, 0.2) is 0 Å². The fourth-order valence-electron chi connectivity index (χ4n) is 1.09. The molecule has 0 aliphatic rings. The van der Waals surface area contributed by atoms with Crippen LogP contribution in [0.5, 0.6) is 6.01 Å². The lowest BCUT2D eigenvalue weighted by atomic mass is 10.5. The maximum absolute atomic E-state index is 5.24. The minimum Gasteiger partial charge on any atom is -0.464 e. The van der Waals surface area contributed by atoms with Gasteiger partial charge in [0, 0.05) is 23.8 Å². The van der Waals surface area contributed by atoms with E-state index in [0.29, 0.717) is 18.6 Å². The van der Waals surface area contributed by atoms with E-state index < -0.39 is 0 Å². The first kappa shape index (κ1) is 13.8. The van der Waals surface area contributed by atoms with Crippen molar-refractivity contribution in [2.45, 2.75) is 20.8 Å². The molecule has 2 heterocycles. The van der Waals surface area contributed by atoms with Crippen LogP contribution >= 0.6 is 0 Å². The summed E-state index contributed by atoms with van der Waals surface area (Å²) in [5.74, 6) is 0.338. The lowest BCUT2D eigenvalue weighted by Gasteiger charge is -1.98. The van der Waals surface area contributed by atoms with Gasteiger partial charge < -0.3 is 10.5 Å². The number of aryl methyl sites for hydroxylation is 2. The summed E-state index contributed by atoms with van der Waals surface area (Å²) >= 11 is 0. The third kappa shape index (κ3) is 5.20. The fraction of sp³-hybridized carbons (Fsp3) is 0.333. The van der Waals surface area contributed by atoms with Gasteiger partial charge in [-0.25, -0.2) is 19.9 Å². The van der Waals surface area contributed by atoms with Gasteiger partial charge in [-0.15, -0.1) is 0 Å². The average Bonchev–Trinajstić information content (AvgIpc) is 2.30. The molecule has 0 aromatic carbocycles. The molecule has 0 saturated heterocycles. The van der Waals surface area contributed by atoms with Crippen LogP contribution in [-0.2, 0) is 0 Å². The Balaban J connectivity index is 0.000000184. The third-order valence-electron chi connectivity index (χ3n) is 1.86. The van der Waals surface area contributed by atoms with Crippen LogP contribution in [0.1, 0.15) is 18.3 Å². The molecule has 0 atom stereocenters. The molecule has 0 spiro atoms. The van der Waals surface area contributed by atoms with Gasteiger partial charge in [0.25, 0.3) is 0 Å². The summed E-state index contributed by atoms with van der Waals surface area (Å²) in [5, 5.41) is 0. The van der Waals surface area contributed by atoms with Crippen molar-refractivity contribution < 1.29 is 4.74 Å². The second kappa shape index (κ2) is 7.16. The van der Waals surface area contributed by atoms with Crippen molar-refractivity contribution in [2.24, 2.45) is 0 Å². The van der Waals surface area contributed by atoms with Crippen molar-refractivity contribution in [1.82, 2.24) is 19.9 Å². The number of nitrogens with zero attached hydrogens (tertiary/aromatic N) is 4. The highest BCUT2D eigenvalue weighted by Crippen LogP contribution is 2.00. The molecule has 2 N–H and O–H groups in total. The SMILES string of the molecule is CCOc1nccc(C)n1.Cc1ccnc(N)n1. The summed E-state index contributed by atoms with van der Waals surface area (Å²) in [6, 6.07) is 4.10. The zero-order valence-corrected chi connectivity index (χ0v) is 10.8. The normalized spacial score (nSPS) is 9.28. The largest absolute Gasteiger partial charge is 0.464 e. The van der Waals surface area contributed by atoms with Gasteiger partial charge in [-0.2, -0.15) is 0 Å². The highest BCUT2D eigenvalue weighted by Gasteiger charge is 1.92. The molecule has 0 aliphatic carbocycles. The van der Waals surface area contributed by atoms with Crippen LogP contribution in [0.3, 0.4) is 0 Å². The first-order valence-electron chi connectivity index (χ1n) is 5.59. The van der Waals surface area contributed by atoms with E-state index in [9.17, 15) is 0 Å². The number of hydrogen-bond acceptors (Lipinski definition) is 6. The summed E-state index contributed by atoms with van der Waals surface area (Å²) in [6.07, 6.45) is 3.32. The molecule has 2 aromatic heterocycles. The van der Waals surface area contributed by atoms with Gasteiger partial charge in [-0.1, -0.05) is 0 Å². The lowest BCUT2D eigenvalue weighted by Crippen LogP contribution is -1.97. The van der Waals surface area contributed by atoms with Crippen molar-refractivity contribution in [1.29, 1.82) is 0 Å². The molecule has 2 rings (SSSR count). The smallest absolute Gasteiger partial charge is 0.316 e. The van der Waals surface area contributed by atoms with E-state index in [2.05, 4.69) is 19.9 Å². The van der Waals surface area contributed by atoms with Crippen molar-refractivity contribution in [3.05, 3.63) is 35.9 Å². The van der Waals surface area contributed by atoms with E-state index in [-0.39, 0.29) is 0 Å². The van der Waals surface area contributed by atoms with Crippen LogP contribution < -0.4 is 10.5 Å². The Morgan fingerprint density at radius 3 is 2.11 bits per heavy atom. The number of ether oxygens (including phenoxy) is 1. The molecule has 0 fully saturated rings. The topological polar surface area (TPSA) is 86.8 Å². The Morgan fingerprint density at radius 2 is 1.67 bits per heavy atom. The van der Waals surface area contributed by atoms with Crippen LogP contribution in [0.4, 0.5) is 5.95 Å². The average molecular weight is 247 g/mol. The number of rotatable bonds is 2. The number of anilines is 1. The van der Waals surface area contributed by atoms with E-state index in [0.717, 1.165) is 11.4 Å². The van der Waals surface area contributed by atoms with Gasteiger partial charge in [0.05, 0.1) is 6.61 Å². The van der Waals surface area contributed by atoms with E-state index in [4.69, 9.17) is 10.5 Å². The Labute approximate surface area is 106 Å². The Bertz CT molecular complexity index is 472. The van der Waals surface area contributed by atoms with Gasteiger partial charge in [-0.3, -0.25) is 0 Å². The van der Waals surface area contributed by atoms with E-state index >= 15 is 0 Å². The highest BCUT2D eigenvalue weighted by atomic mass is 16.5. The quantitative estimate of drug-likeness (QED) is 0.866. The number of nitrogen functional groups attached to an aromatic ring is 1. The predicted octanol–water partition coefficient (Wildman–Crippen LogP) is 1.55. The molecule has 0 saturated carbocycles. The lowest BCUT2D eigenvalue weighted by molar-refractivity contribution is 0.311. The zero-order valence-electron chi connectivity index (χ0n) is 10.8. The summed E-state index contributed by atoms with van der Waals surface area (Å²) in [7, 11) is 0. The Morgan fingerprint density at radius 1 is 1.06 bits per heavy atom. The number of hydrogen-bond donors (Lipinski definition) is 1. The van der Waals surface area contributed by atoms with Crippen LogP contribution in [0.25, 0.3) is 0 Å². The molecule has 0 unspecified atom stereocenters. The van der Waals surface area contributed by atoms with Gasteiger partial charge in [0.1, 0.15) is 0 Å². The first-order valence-corrected chi connectivity index (χ1v) is 5.59. The van der Waals surface area contributed by atoms with E-state index in [1.807, 2.05) is 26.8 Å². The monoisotopic (exact) mass is 247 g/mol.